The second kappa shape index (κ2) is 7.88. The molecule has 0 amide bonds. The van der Waals surface area contributed by atoms with E-state index in [2.05, 4.69) is 16.0 Å². The number of halogens is 2. The zero-order valence-electron chi connectivity index (χ0n) is 8.46. The Hall–Kier alpha value is -0.350. The summed E-state index contributed by atoms with van der Waals surface area (Å²) >= 11 is 0. The third-order valence-corrected chi connectivity index (χ3v) is 2.22. The molecule has 0 unspecified atom stereocenters. The number of nitrogens with zero attached hydrogens (tertiary/aromatic N) is 2. The molecule has 15 heavy (non-hydrogen) atoms. The summed E-state index contributed by atoms with van der Waals surface area (Å²) in [7, 11) is 0. The number of pyridine rings is 1. The first-order chi connectivity index (χ1) is 6.45. The summed E-state index contributed by atoms with van der Waals surface area (Å²) in [5, 5.41) is 0. The van der Waals surface area contributed by atoms with E-state index in [0.717, 1.165) is 38.5 Å². The van der Waals surface area contributed by atoms with Crippen LogP contribution in [0.5, 0.6) is 0 Å². The first-order valence-electron chi connectivity index (χ1n) is 4.65. The molecule has 0 atom stereocenters. The maximum atomic E-state index is 5.28. The molecule has 1 aliphatic rings. The lowest BCUT2D eigenvalue weighted by molar-refractivity contribution is 0.0336. The van der Waals surface area contributed by atoms with Crippen LogP contribution in [-0.4, -0.2) is 36.2 Å². The summed E-state index contributed by atoms with van der Waals surface area (Å²) in [5.41, 5.74) is 1.14. The van der Waals surface area contributed by atoms with E-state index in [1.165, 1.54) is 0 Å². The molecule has 1 aromatic heterocycles. The minimum atomic E-state index is 0. The number of hydrogen-bond acceptors (Lipinski definition) is 3. The third kappa shape index (κ3) is 4.80. The Morgan fingerprint density at radius 1 is 1.20 bits per heavy atom. The lowest BCUT2D eigenvalue weighted by Crippen LogP contribution is -2.35. The molecule has 1 aromatic rings. The molecule has 0 radical (unpaired) electrons. The monoisotopic (exact) mass is 250 g/mol. The van der Waals surface area contributed by atoms with Gasteiger partial charge >= 0.3 is 0 Å². The fourth-order valence-corrected chi connectivity index (χ4v) is 1.48. The minimum absolute atomic E-state index is 0. The highest BCUT2D eigenvalue weighted by atomic mass is 35.5. The van der Waals surface area contributed by atoms with E-state index in [1.807, 2.05) is 18.3 Å². The number of ether oxygens (including phenoxy) is 1. The Labute approximate surface area is 103 Å². The largest absolute Gasteiger partial charge is 0.379 e. The van der Waals surface area contributed by atoms with Gasteiger partial charge in [-0.1, -0.05) is 6.07 Å². The minimum Gasteiger partial charge on any atom is -0.379 e. The van der Waals surface area contributed by atoms with Crippen molar-refractivity contribution >= 4 is 24.8 Å². The van der Waals surface area contributed by atoms with Gasteiger partial charge in [0.15, 0.2) is 0 Å². The Morgan fingerprint density at radius 2 is 1.93 bits per heavy atom. The Balaban J connectivity index is 0.000000980. The molecule has 3 nitrogen and oxygen atoms in total. The van der Waals surface area contributed by atoms with Crippen molar-refractivity contribution in [2.45, 2.75) is 6.54 Å². The standard InChI is InChI=1S/C10H14N2O.2ClH/c1-2-4-11-10(3-1)9-12-5-7-13-8-6-12;;/h1-4H,5-9H2;2*1H. The van der Waals surface area contributed by atoms with E-state index < -0.39 is 0 Å². The van der Waals surface area contributed by atoms with Crippen LogP contribution in [0.2, 0.25) is 0 Å². The van der Waals surface area contributed by atoms with Gasteiger partial charge in [0.1, 0.15) is 0 Å². The average molecular weight is 251 g/mol. The predicted octanol–water partition coefficient (Wildman–Crippen LogP) is 1.76. The van der Waals surface area contributed by atoms with Crippen molar-refractivity contribution < 1.29 is 4.74 Å². The SMILES string of the molecule is Cl.Cl.c1ccc(CN2CCOCC2)nc1. The number of aromatic nitrogens is 1. The van der Waals surface area contributed by atoms with Crippen LogP contribution in [0.15, 0.2) is 24.4 Å². The molecule has 1 saturated heterocycles. The number of rotatable bonds is 2. The molecular weight excluding hydrogens is 235 g/mol. The summed E-state index contributed by atoms with van der Waals surface area (Å²) in [4.78, 5) is 6.66. The van der Waals surface area contributed by atoms with Crippen LogP contribution in [0, 0.1) is 0 Å². The molecule has 1 aliphatic heterocycles. The van der Waals surface area contributed by atoms with E-state index in [9.17, 15) is 0 Å². The Morgan fingerprint density at radius 3 is 2.53 bits per heavy atom. The molecule has 5 heteroatoms. The zero-order valence-corrected chi connectivity index (χ0v) is 10.1. The molecule has 0 aliphatic carbocycles. The Kier molecular flexibility index (Phi) is 7.70. The molecular formula is C10H16Cl2N2O. The highest BCUT2D eigenvalue weighted by Crippen LogP contribution is 2.03. The number of morpholine rings is 1. The summed E-state index contributed by atoms with van der Waals surface area (Å²) in [5.74, 6) is 0. The van der Waals surface area contributed by atoms with Crippen molar-refractivity contribution in [2.24, 2.45) is 0 Å². The van der Waals surface area contributed by atoms with Crippen molar-refractivity contribution in [3.8, 4) is 0 Å². The normalized spacial score (nSPS) is 16.3. The molecule has 2 heterocycles. The fraction of sp³-hybridized carbons (Fsp3) is 0.500. The molecule has 1 fully saturated rings. The van der Waals surface area contributed by atoms with Crippen LogP contribution in [-0.2, 0) is 11.3 Å². The van der Waals surface area contributed by atoms with Gasteiger partial charge in [0.2, 0.25) is 0 Å². The summed E-state index contributed by atoms with van der Waals surface area (Å²) in [6.45, 7) is 4.71. The zero-order chi connectivity index (χ0) is 8.93. The van der Waals surface area contributed by atoms with E-state index in [1.54, 1.807) is 0 Å². The molecule has 0 saturated carbocycles. The van der Waals surface area contributed by atoms with E-state index in [0.29, 0.717) is 0 Å². The molecule has 0 bridgehead atoms. The van der Waals surface area contributed by atoms with Gasteiger partial charge in [-0.2, -0.15) is 0 Å². The van der Waals surface area contributed by atoms with Gasteiger partial charge in [0.25, 0.3) is 0 Å². The summed E-state index contributed by atoms with van der Waals surface area (Å²) in [6, 6.07) is 6.04. The van der Waals surface area contributed by atoms with Gasteiger partial charge < -0.3 is 4.74 Å². The predicted molar refractivity (Wildman–Crippen MR) is 64.8 cm³/mol. The van der Waals surface area contributed by atoms with E-state index in [-0.39, 0.29) is 24.8 Å². The summed E-state index contributed by atoms with van der Waals surface area (Å²) in [6.07, 6.45) is 1.84. The van der Waals surface area contributed by atoms with Crippen LogP contribution in [0.3, 0.4) is 0 Å². The highest BCUT2D eigenvalue weighted by Gasteiger charge is 2.10. The smallest absolute Gasteiger partial charge is 0.0594 e. The average Bonchev–Trinajstić information content (AvgIpc) is 2.21. The molecule has 0 N–H and O–H groups in total. The van der Waals surface area contributed by atoms with Gasteiger partial charge in [0, 0.05) is 25.8 Å². The maximum Gasteiger partial charge on any atom is 0.0594 e. The molecule has 86 valence electrons. The van der Waals surface area contributed by atoms with Gasteiger partial charge in [-0.05, 0) is 12.1 Å². The second-order valence-corrected chi connectivity index (χ2v) is 3.21. The van der Waals surface area contributed by atoms with Crippen LogP contribution in [0.25, 0.3) is 0 Å². The molecule has 2 rings (SSSR count). The van der Waals surface area contributed by atoms with Gasteiger partial charge in [-0.25, -0.2) is 0 Å². The molecule has 0 aromatic carbocycles. The van der Waals surface area contributed by atoms with Crippen molar-refractivity contribution in [2.75, 3.05) is 26.3 Å². The van der Waals surface area contributed by atoms with Crippen molar-refractivity contribution in [3.63, 3.8) is 0 Å². The van der Waals surface area contributed by atoms with E-state index in [4.69, 9.17) is 4.74 Å². The lowest BCUT2D eigenvalue weighted by Gasteiger charge is -2.25. The maximum absolute atomic E-state index is 5.28. The van der Waals surface area contributed by atoms with E-state index >= 15 is 0 Å². The van der Waals surface area contributed by atoms with Crippen molar-refractivity contribution in [3.05, 3.63) is 30.1 Å². The van der Waals surface area contributed by atoms with Gasteiger partial charge in [-0.15, -0.1) is 24.8 Å². The summed E-state index contributed by atoms with van der Waals surface area (Å²) < 4.78 is 5.28. The van der Waals surface area contributed by atoms with Crippen molar-refractivity contribution in [1.82, 2.24) is 9.88 Å². The molecule has 0 spiro atoms. The van der Waals surface area contributed by atoms with Crippen LogP contribution in [0.4, 0.5) is 0 Å². The fourth-order valence-electron chi connectivity index (χ4n) is 1.48. The quantitative estimate of drug-likeness (QED) is 0.800. The highest BCUT2D eigenvalue weighted by molar-refractivity contribution is 5.85. The Bertz CT molecular complexity index is 253. The first-order valence-corrected chi connectivity index (χ1v) is 4.65. The van der Waals surface area contributed by atoms with Crippen LogP contribution in [0.1, 0.15) is 5.69 Å². The second-order valence-electron chi connectivity index (χ2n) is 3.21. The topological polar surface area (TPSA) is 25.4 Å². The van der Waals surface area contributed by atoms with Crippen molar-refractivity contribution in [1.29, 1.82) is 0 Å². The lowest BCUT2D eigenvalue weighted by atomic mass is 10.3. The van der Waals surface area contributed by atoms with Crippen LogP contribution < -0.4 is 0 Å². The number of hydrogen-bond donors (Lipinski definition) is 0. The van der Waals surface area contributed by atoms with Gasteiger partial charge in [-0.3, -0.25) is 9.88 Å². The van der Waals surface area contributed by atoms with Crippen LogP contribution >= 0.6 is 24.8 Å². The first kappa shape index (κ1) is 14.6. The van der Waals surface area contributed by atoms with Gasteiger partial charge in [0.05, 0.1) is 18.9 Å². The third-order valence-electron chi connectivity index (χ3n) is 2.22.